The minimum Gasteiger partial charge on any atom is -0.370 e. The number of nitrogens with zero attached hydrogens (tertiary/aromatic N) is 2. The summed E-state index contributed by atoms with van der Waals surface area (Å²) in [7, 11) is 3.75. The number of hydrogen-bond donors (Lipinski definition) is 2. The molecule has 0 amide bonds. The van der Waals surface area contributed by atoms with Crippen LogP contribution in [-0.2, 0) is 0 Å². The van der Waals surface area contributed by atoms with Crippen LogP contribution in [0.25, 0.3) is 0 Å². The van der Waals surface area contributed by atoms with Crippen LogP contribution in [0.4, 0.5) is 0 Å². The molecule has 1 rings (SSSR count). The Kier molecular flexibility index (Phi) is 4.02. The van der Waals surface area contributed by atoms with E-state index in [1.54, 1.807) is 7.05 Å². The zero-order valence-corrected chi connectivity index (χ0v) is 8.58. The molecule has 3 N–H and O–H groups in total. The van der Waals surface area contributed by atoms with E-state index in [0.29, 0.717) is 5.96 Å². The summed E-state index contributed by atoms with van der Waals surface area (Å²) in [5, 5.41) is 3.22. The lowest BCUT2D eigenvalue weighted by Gasteiger charge is -2.32. The van der Waals surface area contributed by atoms with E-state index in [1.165, 1.54) is 12.8 Å². The Balaban J connectivity index is 2.30. The number of nitrogens with one attached hydrogen (secondary N) is 1. The molecule has 1 heterocycles. The third-order valence-corrected chi connectivity index (χ3v) is 2.66. The van der Waals surface area contributed by atoms with Crippen molar-refractivity contribution in [3.05, 3.63) is 0 Å². The van der Waals surface area contributed by atoms with Crippen molar-refractivity contribution < 1.29 is 0 Å². The number of likely N-dealkylation sites (tertiary alicyclic amines) is 1. The summed E-state index contributed by atoms with van der Waals surface area (Å²) in [5.41, 5.74) is 5.73. The van der Waals surface area contributed by atoms with Gasteiger partial charge < -0.3 is 16.0 Å². The van der Waals surface area contributed by atoms with Gasteiger partial charge in [-0.25, -0.2) is 0 Å². The van der Waals surface area contributed by atoms with Crippen molar-refractivity contribution in [2.24, 2.45) is 16.6 Å². The van der Waals surface area contributed by atoms with E-state index in [0.717, 1.165) is 25.6 Å². The Labute approximate surface area is 80.2 Å². The Morgan fingerprint density at radius 2 is 2.15 bits per heavy atom. The van der Waals surface area contributed by atoms with Gasteiger partial charge in [-0.05, 0) is 32.4 Å². The first-order valence-corrected chi connectivity index (χ1v) is 4.89. The fourth-order valence-corrected chi connectivity index (χ4v) is 1.80. The molecular weight excluding hydrogens is 164 g/mol. The highest BCUT2D eigenvalue weighted by atomic mass is 15.2. The van der Waals surface area contributed by atoms with E-state index in [-0.39, 0.29) is 0 Å². The predicted octanol–water partition coefficient (Wildman–Crippen LogP) is -0.138. The molecule has 0 bridgehead atoms. The van der Waals surface area contributed by atoms with Crippen LogP contribution < -0.4 is 11.1 Å². The highest BCUT2D eigenvalue weighted by molar-refractivity contribution is 5.77. The SMILES string of the molecule is CN=C(N)N1CCC(CNC)CC1. The van der Waals surface area contributed by atoms with Crippen molar-refractivity contribution in [2.75, 3.05) is 33.7 Å². The lowest BCUT2D eigenvalue weighted by Crippen LogP contribution is -2.44. The molecule has 0 aromatic heterocycles. The van der Waals surface area contributed by atoms with Gasteiger partial charge in [-0.1, -0.05) is 0 Å². The number of guanidine groups is 1. The summed E-state index contributed by atoms with van der Waals surface area (Å²) in [6.07, 6.45) is 2.44. The van der Waals surface area contributed by atoms with Gasteiger partial charge in [-0.15, -0.1) is 0 Å². The average Bonchev–Trinajstić information content (AvgIpc) is 2.18. The topological polar surface area (TPSA) is 53.6 Å². The highest BCUT2D eigenvalue weighted by Crippen LogP contribution is 2.15. The Morgan fingerprint density at radius 1 is 1.54 bits per heavy atom. The molecule has 76 valence electrons. The van der Waals surface area contributed by atoms with Crippen LogP contribution in [0.2, 0.25) is 0 Å². The maximum absolute atomic E-state index is 5.73. The molecule has 0 aliphatic carbocycles. The molecule has 0 atom stereocenters. The monoisotopic (exact) mass is 184 g/mol. The van der Waals surface area contributed by atoms with Gasteiger partial charge in [0.05, 0.1) is 0 Å². The standard InChI is InChI=1S/C9H20N4/c1-11-7-8-3-5-13(6-4-8)9(10)12-2/h8,11H,3-7H2,1-2H3,(H2,10,12). The van der Waals surface area contributed by atoms with E-state index in [9.17, 15) is 0 Å². The summed E-state index contributed by atoms with van der Waals surface area (Å²) in [5.74, 6) is 1.49. The van der Waals surface area contributed by atoms with E-state index in [1.807, 2.05) is 7.05 Å². The molecule has 0 unspecified atom stereocenters. The van der Waals surface area contributed by atoms with Crippen molar-refractivity contribution in [3.63, 3.8) is 0 Å². The van der Waals surface area contributed by atoms with Gasteiger partial charge >= 0.3 is 0 Å². The summed E-state index contributed by atoms with van der Waals surface area (Å²) in [6.45, 7) is 3.22. The molecular formula is C9H20N4. The molecule has 0 aromatic rings. The molecule has 1 fully saturated rings. The first-order chi connectivity index (χ1) is 6.27. The smallest absolute Gasteiger partial charge is 0.190 e. The molecule has 4 nitrogen and oxygen atoms in total. The first-order valence-electron chi connectivity index (χ1n) is 4.89. The summed E-state index contributed by atoms with van der Waals surface area (Å²) < 4.78 is 0. The fourth-order valence-electron chi connectivity index (χ4n) is 1.80. The molecule has 0 spiro atoms. The predicted molar refractivity (Wildman–Crippen MR) is 55.8 cm³/mol. The van der Waals surface area contributed by atoms with Crippen LogP contribution in [-0.4, -0.2) is 44.6 Å². The fraction of sp³-hybridized carbons (Fsp3) is 0.889. The zero-order chi connectivity index (χ0) is 9.68. The van der Waals surface area contributed by atoms with E-state index >= 15 is 0 Å². The minimum absolute atomic E-state index is 0.683. The van der Waals surface area contributed by atoms with Crippen LogP contribution in [0.5, 0.6) is 0 Å². The number of piperidine rings is 1. The molecule has 1 aliphatic rings. The third-order valence-electron chi connectivity index (χ3n) is 2.66. The van der Waals surface area contributed by atoms with Gasteiger partial charge in [0.15, 0.2) is 5.96 Å². The molecule has 0 radical (unpaired) electrons. The quantitative estimate of drug-likeness (QED) is 0.464. The minimum atomic E-state index is 0.683. The second-order valence-electron chi connectivity index (χ2n) is 3.57. The number of rotatable bonds is 2. The maximum atomic E-state index is 5.73. The number of hydrogen-bond acceptors (Lipinski definition) is 2. The van der Waals surface area contributed by atoms with E-state index in [2.05, 4.69) is 15.2 Å². The van der Waals surface area contributed by atoms with Crippen molar-refractivity contribution in [1.29, 1.82) is 0 Å². The lowest BCUT2D eigenvalue weighted by molar-refractivity contribution is 0.261. The van der Waals surface area contributed by atoms with Gasteiger partial charge in [-0.2, -0.15) is 0 Å². The normalized spacial score (nSPS) is 20.8. The van der Waals surface area contributed by atoms with Crippen molar-refractivity contribution in [3.8, 4) is 0 Å². The number of nitrogens with two attached hydrogens (primary N) is 1. The zero-order valence-electron chi connectivity index (χ0n) is 8.58. The van der Waals surface area contributed by atoms with Crippen LogP contribution in [0, 0.1) is 5.92 Å². The third kappa shape index (κ3) is 2.88. The van der Waals surface area contributed by atoms with Crippen LogP contribution in [0.1, 0.15) is 12.8 Å². The van der Waals surface area contributed by atoms with Gasteiger partial charge in [0, 0.05) is 20.1 Å². The van der Waals surface area contributed by atoms with Crippen molar-refractivity contribution in [2.45, 2.75) is 12.8 Å². The Morgan fingerprint density at radius 3 is 2.62 bits per heavy atom. The molecule has 0 aromatic carbocycles. The molecule has 4 heteroatoms. The van der Waals surface area contributed by atoms with Crippen molar-refractivity contribution >= 4 is 5.96 Å². The molecule has 1 saturated heterocycles. The Hall–Kier alpha value is -0.770. The van der Waals surface area contributed by atoms with Crippen LogP contribution in [0.3, 0.4) is 0 Å². The number of aliphatic imine (C=N–C) groups is 1. The maximum Gasteiger partial charge on any atom is 0.190 e. The summed E-state index contributed by atoms with van der Waals surface area (Å²) in [4.78, 5) is 6.15. The van der Waals surface area contributed by atoms with Crippen LogP contribution >= 0.6 is 0 Å². The van der Waals surface area contributed by atoms with Crippen LogP contribution in [0.15, 0.2) is 4.99 Å². The van der Waals surface area contributed by atoms with Crippen molar-refractivity contribution in [1.82, 2.24) is 10.2 Å². The average molecular weight is 184 g/mol. The molecule has 13 heavy (non-hydrogen) atoms. The Bertz CT molecular complexity index is 170. The van der Waals surface area contributed by atoms with Gasteiger partial charge in [0.25, 0.3) is 0 Å². The second-order valence-corrected chi connectivity index (χ2v) is 3.57. The van der Waals surface area contributed by atoms with E-state index < -0.39 is 0 Å². The summed E-state index contributed by atoms with van der Waals surface area (Å²) in [6, 6.07) is 0. The molecule has 0 saturated carbocycles. The first kappa shape index (κ1) is 10.3. The molecule has 1 aliphatic heterocycles. The second kappa shape index (κ2) is 5.07. The largest absolute Gasteiger partial charge is 0.370 e. The van der Waals surface area contributed by atoms with Gasteiger partial charge in [0.1, 0.15) is 0 Å². The highest BCUT2D eigenvalue weighted by Gasteiger charge is 2.19. The van der Waals surface area contributed by atoms with Gasteiger partial charge in [0.2, 0.25) is 0 Å². The van der Waals surface area contributed by atoms with Gasteiger partial charge in [-0.3, -0.25) is 4.99 Å². The lowest BCUT2D eigenvalue weighted by atomic mass is 9.97. The van der Waals surface area contributed by atoms with E-state index in [4.69, 9.17) is 5.73 Å². The summed E-state index contributed by atoms with van der Waals surface area (Å²) >= 11 is 0.